The minimum atomic E-state index is 0.624. The van der Waals surface area contributed by atoms with Gasteiger partial charge >= 0.3 is 0 Å². The number of hydrogen-bond acceptors (Lipinski definition) is 6. The van der Waals surface area contributed by atoms with Crippen LogP contribution in [-0.2, 0) is 0 Å². The van der Waals surface area contributed by atoms with Gasteiger partial charge in [0.15, 0.2) is 17.3 Å². The number of aromatic nitrogens is 4. The van der Waals surface area contributed by atoms with Crippen molar-refractivity contribution in [2.75, 3.05) is 9.80 Å². The molecule has 6 nitrogen and oxygen atoms in total. The van der Waals surface area contributed by atoms with Gasteiger partial charge in [0.25, 0.3) is 0 Å². The second-order valence-corrected chi connectivity index (χ2v) is 13.1. The molecule has 0 amide bonds. The number of benzene rings is 7. The minimum absolute atomic E-state index is 0.624. The van der Waals surface area contributed by atoms with Crippen molar-refractivity contribution in [3.63, 3.8) is 0 Å². The van der Waals surface area contributed by atoms with Crippen molar-refractivity contribution in [1.82, 2.24) is 19.9 Å². The molecule has 0 radical (unpaired) electrons. The zero-order valence-electron chi connectivity index (χ0n) is 29.2. The molecule has 0 saturated heterocycles. The maximum Gasteiger partial charge on any atom is 0.168 e. The summed E-state index contributed by atoms with van der Waals surface area (Å²) in [6.45, 7) is 0. The summed E-state index contributed by atoms with van der Waals surface area (Å²) in [5, 5.41) is 0.885. The largest absolute Gasteiger partial charge is 0.311 e. The van der Waals surface area contributed by atoms with Crippen LogP contribution in [0.3, 0.4) is 0 Å². The van der Waals surface area contributed by atoms with Crippen LogP contribution in [0.4, 0.5) is 34.1 Å². The average Bonchev–Trinajstić information content (AvgIpc) is 3.57. The van der Waals surface area contributed by atoms with Crippen LogP contribution < -0.4 is 9.80 Å². The van der Waals surface area contributed by atoms with Crippen molar-refractivity contribution in [3.05, 3.63) is 194 Å². The first-order valence-electron chi connectivity index (χ1n) is 18.0. The van der Waals surface area contributed by atoms with Gasteiger partial charge in [-0.05, 0) is 97.1 Å². The maximum absolute atomic E-state index is 5.15. The van der Waals surface area contributed by atoms with E-state index in [9.17, 15) is 0 Å². The lowest BCUT2D eigenvalue weighted by Crippen LogP contribution is -2.09. The van der Waals surface area contributed by atoms with Crippen LogP contribution in [0.15, 0.2) is 194 Å². The average molecular weight is 693 g/mol. The highest BCUT2D eigenvalue weighted by atomic mass is 15.1. The van der Waals surface area contributed by atoms with Gasteiger partial charge in [0.1, 0.15) is 0 Å². The molecule has 0 unspecified atom stereocenters. The van der Waals surface area contributed by atoms with Crippen LogP contribution in [-0.4, -0.2) is 19.9 Å². The fourth-order valence-electron chi connectivity index (χ4n) is 7.30. The second-order valence-electron chi connectivity index (χ2n) is 13.1. The molecule has 2 aromatic heterocycles. The number of rotatable bonds is 8. The third-order valence-electron chi connectivity index (χ3n) is 9.82. The Hall–Kier alpha value is -7.44. The van der Waals surface area contributed by atoms with E-state index in [1.54, 1.807) is 0 Å². The lowest BCUT2D eigenvalue weighted by atomic mass is 10.1. The molecule has 0 atom stereocenters. The van der Waals surface area contributed by atoms with Gasteiger partial charge in [-0.15, -0.1) is 0 Å². The fraction of sp³-hybridized carbons (Fsp3) is 0. The van der Waals surface area contributed by atoms with Gasteiger partial charge in [0.2, 0.25) is 0 Å². The van der Waals surface area contributed by atoms with Crippen molar-refractivity contribution < 1.29 is 0 Å². The van der Waals surface area contributed by atoms with Gasteiger partial charge in [0.05, 0.1) is 16.8 Å². The first kappa shape index (κ1) is 31.3. The highest BCUT2D eigenvalue weighted by molar-refractivity contribution is 6.11. The summed E-state index contributed by atoms with van der Waals surface area (Å²) >= 11 is 0. The Morgan fingerprint density at radius 2 is 0.574 bits per heavy atom. The zero-order valence-corrected chi connectivity index (χ0v) is 29.2. The molecule has 1 aliphatic rings. The molecule has 0 spiro atoms. The van der Waals surface area contributed by atoms with Gasteiger partial charge in [-0.1, -0.05) is 97.1 Å². The Bertz CT molecular complexity index is 2470. The molecule has 2 heterocycles. The molecule has 1 aliphatic carbocycles. The van der Waals surface area contributed by atoms with E-state index in [1.165, 1.54) is 0 Å². The number of para-hydroxylation sites is 4. The monoisotopic (exact) mass is 692 g/mol. The maximum atomic E-state index is 5.15. The van der Waals surface area contributed by atoms with Crippen LogP contribution in [0.1, 0.15) is 0 Å². The molecule has 0 N–H and O–H groups in total. The van der Waals surface area contributed by atoms with Crippen LogP contribution >= 0.6 is 0 Å². The summed E-state index contributed by atoms with van der Waals surface area (Å²) < 4.78 is 0. The Morgan fingerprint density at radius 1 is 0.278 bits per heavy atom. The van der Waals surface area contributed by atoms with E-state index >= 15 is 0 Å². The summed E-state index contributed by atoms with van der Waals surface area (Å²) in [5.41, 5.74) is 12.7. The summed E-state index contributed by atoms with van der Waals surface area (Å²) in [4.78, 5) is 25.0. The van der Waals surface area contributed by atoms with Crippen LogP contribution in [0, 0.1) is 0 Å². The van der Waals surface area contributed by atoms with Gasteiger partial charge in [0, 0.05) is 56.4 Å². The molecule has 7 aromatic carbocycles. The molecule has 54 heavy (non-hydrogen) atoms. The lowest BCUT2D eigenvalue weighted by molar-refractivity contribution is 1.16. The summed E-state index contributed by atoms with van der Waals surface area (Å²) in [6, 6.07) is 66.8. The molecule has 10 rings (SSSR count). The number of fused-ring (bicyclic) bond motifs is 3. The molecule has 0 bridgehead atoms. The number of nitrogens with zero attached hydrogens (tertiary/aromatic N) is 6. The first-order valence-corrected chi connectivity index (χ1v) is 18.0. The van der Waals surface area contributed by atoms with E-state index in [1.807, 2.05) is 36.4 Å². The van der Waals surface area contributed by atoms with Crippen molar-refractivity contribution in [3.8, 4) is 45.3 Å². The highest BCUT2D eigenvalue weighted by Crippen LogP contribution is 2.46. The zero-order chi connectivity index (χ0) is 35.8. The smallest absolute Gasteiger partial charge is 0.168 e. The Kier molecular flexibility index (Phi) is 7.69. The SMILES string of the molecule is c1ccc(N(c2ccccc2)c2ccc(-c3nc4c5c(nc(-c6ccc(N(c7ccccc7)c7ccccc7)cc6)nc5n3)-c3ccccc3-4)cc2)cc1. The van der Waals surface area contributed by atoms with Crippen molar-refractivity contribution in [2.45, 2.75) is 0 Å². The molecule has 254 valence electrons. The van der Waals surface area contributed by atoms with E-state index in [4.69, 9.17) is 19.9 Å². The Labute approximate surface area is 313 Å². The normalized spacial score (nSPS) is 11.3. The van der Waals surface area contributed by atoms with Gasteiger partial charge < -0.3 is 9.80 Å². The molecule has 0 fully saturated rings. The Morgan fingerprint density at radius 3 is 0.907 bits per heavy atom. The van der Waals surface area contributed by atoms with Crippen molar-refractivity contribution in [1.29, 1.82) is 0 Å². The van der Waals surface area contributed by atoms with E-state index < -0.39 is 0 Å². The molecule has 0 aliphatic heterocycles. The molecule has 0 saturated carbocycles. The van der Waals surface area contributed by atoms with Gasteiger partial charge in [-0.2, -0.15) is 0 Å². The topological polar surface area (TPSA) is 58.0 Å². The van der Waals surface area contributed by atoms with Crippen LogP contribution in [0.2, 0.25) is 0 Å². The standard InChI is InChI=1S/C48H32N6/c1-5-15-35(16-6-1)53(36-17-7-2-8-18-36)39-29-25-33(26-30-39)46-49-44-41-23-13-14-24-42(41)45-43(44)48(51-46)52-47(50-45)34-27-31-40(32-28-34)54(37-19-9-3-10-20-37)38-21-11-4-12-22-38/h1-32H. The molecular formula is C48H32N6. The molecule has 9 aromatic rings. The second kappa shape index (κ2) is 13.3. The summed E-state index contributed by atoms with van der Waals surface area (Å²) in [6.07, 6.45) is 0. The minimum Gasteiger partial charge on any atom is -0.311 e. The van der Waals surface area contributed by atoms with Gasteiger partial charge in [-0.3, -0.25) is 0 Å². The van der Waals surface area contributed by atoms with Gasteiger partial charge in [-0.25, -0.2) is 19.9 Å². The third-order valence-corrected chi connectivity index (χ3v) is 9.82. The fourth-order valence-corrected chi connectivity index (χ4v) is 7.30. The highest BCUT2D eigenvalue weighted by Gasteiger charge is 2.28. The quantitative estimate of drug-likeness (QED) is 0.158. The van der Waals surface area contributed by atoms with E-state index in [0.29, 0.717) is 17.3 Å². The van der Waals surface area contributed by atoms with E-state index in [2.05, 4.69) is 168 Å². The summed E-state index contributed by atoms with van der Waals surface area (Å²) in [5.74, 6) is 1.25. The predicted molar refractivity (Wildman–Crippen MR) is 220 cm³/mol. The lowest BCUT2D eigenvalue weighted by Gasteiger charge is -2.25. The van der Waals surface area contributed by atoms with Crippen molar-refractivity contribution >= 4 is 45.2 Å². The third kappa shape index (κ3) is 5.54. The molecular weight excluding hydrogens is 661 g/mol. The number of anilines is 6. The predicted octanol–water partition coefficient (Wildman–Crippen LogP) is 12.3. The van der Waals surface area contributed by atoms with Crippen LogP contribution in [0.25, 0.3) is 56.3 Å². The van der Waals surface area contributed by atoms with Crippen LogP contribution in [0.5, 0.6) is 0 Å². The molecule has 6 heteroatoms. The van der Waals surface area contributed by atoms with E-state index in [0.717, 1.165) is 73.2 Å². The van der Waals surface area contributed by atoms with E-state index in [-0.39, 0.29) is 0 Å². The first-order chi connectivity index (χ1) is 26.8. The number of hydrogen-bond donors (Lipinski definition) is 0. The van der Waals surface area contributed by atoms with Crippen molar-refractivity contribution in [2.24, 2.45) is 0 Å². The Balaban J connectivity index is 1.05. The summed E-state index contributed by atoms with van der Waals surface area (Å²) in [7, 11) is 0.